The van der Waals surface area contributed by atoms with Crippen LogP contribution in [0.15, 0.2) is 40.9 Å². The van der Waals surface area contributed by atoms with Crippen LogP contribution in [0.1, 0.15) is 27.2 Å². The molecule has 0 fully saturated rings. The molecule has 0 aliphatic heterocycles. The highest BCUT2D eigenvalue weighted by Gasteiger charge is 2.20. The maximum atomic E-state index is 5.51. The molecule has 2 rings (SSSR count). The summed E-state index contributed by atoms with van der Waals surface area (Å²) in [5.41, 5.74) is 1.06. The highest BCUT2D eigenvalue weighted by atomic mass is 79.9. The number of rotatable bonds is 5. The van der Waals surface area contributed by atoms with Crippen LogP contribution in [0.2, 0.25) is 0 Å². The van der Waals surface area contributed by atoms with E-state index >= 15 is 0 Å². The molecule has 2 aromatic carbocycles. The summed E-state index contributed by atoms with van der Waals surface area (Å²) in [5, 5.41) is 6.07. The number of methoxy groups -OCH3 is 1. The normalized spacial score (nSPS) is 13.4. The van der Waals surface area contributed by atoms with Gasteiger partial charge in [-0.25, -0.2) is 0 Å². The van der Waals surface area contributed by atoms with E-state index in [2.05, 4.69) is 78.4 Å². The number of fused-ring (bicyclic) bond motifs is 1. The summed E-state index contributed by atoms with van der Waals surface area (Å²) in [6, 6.07) is 13.0. The number of halogens is 1. The topological polar surface area (TPSA) is 21.3 Å². The Bertz CT molecular complexity index is 595. The van der Waals surface area contributed by atoms with Gasteiger partial charge in [-0.1, -0.05) is 40.2 Å². The SMILES string of the molecule is COC(C)(C)CC(C)Nc1ccc(Br)c2ccccc12. The van der Waals surface area contributed by atoms with Crippen molar-refractivity contribution in [1.29, 1.82) is 0 Å². The molecule has 1 atom stereocenters. The molecule has 108 valence electrons. The van der Waals surface area contributed by atoms with E-state index in [0.29, 0.717) is 6.04 Å². The zero-order valence-electron chi connectivity index (χ0n) is 12.5. The van der Waals surface area contributed by atoms with Gasteiger partial charge in [-0.05, 0) is 44.7 Å². The van der Waals surface area contributed by atoms with E-state index in [9.17, 15) is 0 Å². The zero-order valence-corrected chi connectivity index (χ0v) is 14.1. The van der Waals surface area contributed by atoms with Crippen molar-refractivity contribution in [3.63, 3.8) is 0 Å². The molecule has 20 heavy (non-hydrogen) atoms. The van der Waals surface area contributed by atoms with Crippen LogP contribution in [0.3, 0.4) is 0 Å². The predicted molar refractivity (Wildman–Crippen MR) is 90.4 cm³/mol. The van der Waals surface area contributed by atoms with Crippen molar-refractivity contribution in [2.45, 2.75) is 38.8 Å². The van der Waals surface area contributed by atoms with Crippen LogP contribution < -0.4 is 5.32 Å². The van der Waals surface area contributed by atoms with Crippen LogP contribution >= 0.6 is 15.9 Å². The van der Waals surface area contributed by atoms with Crippen molar-refractivity contribution < 1.29 is 4.74 Å². The molecule has 0 heterocycles. The molecule has 3 heteroatoms. The van der Waals surface area contributed by atoms with Gasteiger partial charge in [0.05, 0.1) is 5.60 Å². The first-order valence-electron chi connectivity index (χ1n) is 6.92. The molecule has 2 nitrogen and oxygen atoms in total. The van der Waals surface area contributed by atoms with Gasteiger partial charge in [0.1, 0.15) is 0 Å². The fraction of sp³-hybridized carbons (Fsp3) is 0.412. The van der Waals surface area contributed by atoms with Crippen molar-refractivity contribution in [2.24, 2.45) is 0 Å². The summed E-state index contributed by atoms with van der Waals surface area (Å²) >= 11 is 3.61. The third-order valence-corrected chi connectivity index (χ3v) is 4.31. The Morgan fingerprint density at radius 3 is 2.45 bits per heavy atom. The molecule has 1 unspecified atom stereocenters. The molecule has 2 aromatic rings. The largest absolute Gasteiger partial charge is 0.382 e. The first-order valence-corrected chi connectivity index (χ1v) is 7.71. The van der Waals surface area contributed by atoms with Crippen molar-refractivity contribution in [2.75, 3.05) is 12.4 Å². The van der Waals surface area contributed by atoms with E-state index in [1.165, 1.54) is 16.5 Å². The number of hydrogen-bond acceptors (Lipinski definition) is 2. The Labute approximate surface area is 129 Å². The molecule has 0 amide bonds. The summed E-state index contributed by atoms with van der Waals surface area (Å²) in [4.78, 5) is 0. The van der Waals surface area contributed by atoms with Gasteiger partial charge in [-0.2, -0.15) is 0 Å². The van der Waals surface area contributed by atoms with Crippen LogP contribution in [-0.2, 0) is 4.74 Å². The number of ether oxygens (including phenoxy) is 1. The highest BCUT2D eigenvalue weighted by Crippen LogP contribution is 2.31. The maximum absolute atomic E-state index is 5.51. The standard InChI is InChI=1S/C17H22BrNO/c1-12(11-17(2,3)20-4)19-16-10-9-15(18)13-7-5-6-8-14(13)16/h5-10,12,19H,11H2,1-4H3. The minimum Gasteiger partial charge on any atom is -0.382 e. The van der Waals surface area contributed by atoms with E-state index in [4.69, 9.17) is 4.74 Å². The van der Waals surface area contributed by atoms with E-state index in [-0.39, 0.29) is 5.60 Å². The number of nitrogens with one attached hydrogen (secondary N) is 1. The molecular weight excluding hydrogens is 314 g/mol. The van der Waals surface area contributed by atoms with E-state index < -0.39 is 0 Å². The summed E-state index contributed by atoms with van der Waals surface area (Å²) in [6.45, 7) is 6.42. The molecule has 0 aromatic heterocycles. The Hall–Kier alpha value is -1.06. The van der Waals surface area contributed by atoms with Gasteiger partial charge >= 0.3 is 0 Å². The highest BCUT2D eigenvalue weighted by molar-refractivity contribution is 9.10. The van der Waals surface area contributed by atoms with Gasteiger partial charge in [0.15, 0.2) is 0 Å². The van der Waals surface area contributed by atoms with E-state index in [1.54, 1.807) is 7.11 Å². The quantitative estimate of drug-likeness (QED) is 0.808. The smallest absolute Gasteiger partial charge is 0.0642 e. The lowest BCUT2D eigenvalue weighted by atomic mass is 9.99. The Morgan fingerprint density at radius 2 is 1.80 bits per heavy atom. The molecule has 0 aliphatic rings. The van der Waals surface area contributed by atoms with E-state index in [1.807, 2.05) is 0 Å². The average molecular weight is 336 g/mol. The van der Waals surface area contributed by atoms with Crippen LogP contribution in [-0.4, -0.2) is 18.8 Å². The lowest BCUT2D eigenvalue weighted by Crippen LogP contribution is -2.31. The fourth-order valence-corrected chi connectivity index (χ4v) is 3.00. The van der Waals surface area contributed by atoms with Crippen molar-refractivity contribution in [3.05, 3.63) is 40.9 Å². The minimum absolute atomic E-state index is 0.114. The molecule has 0 aliphatic carbocycles. The van der Waals surface area contributed by atoms with Crippen molar-refractivity contribution >= 4 is 32.4 Å². The minimum atomic E-state index is -0.114. The van der Waals surface area contributed by atoms with Gasteiger partial charge in [0.2, 0.25) is 0 Å². The Balaban J connectivity index is 2.24. The van der Waals surface area contributed by atoms with Gasteiger partial charge in [-0.3, -0.25) is 0 Å². The van der Waals surface area contributed by atoms with Crippen LogP contribution in [0.4, 0.5) is 5.69 Å². The maximum Gasteiger partial charge on any atom is 0.0642 e. The first kappa shape index (κ1) is 15.3. The lowest BCUT2D eigenvalue weighted by molar-refractivity contribution is 0.0128. The molecule has 0 bridgehead atoms. The lowest BCUT2D eigenvalue weighted by Gasteiger charge is -2.28. The Morgan fingerprint density at radius 1 is 1.15 bits per heavy atom. The van der Waals surface area contributed by atoms with Crippen molar-refractivity contribution in [3.8, 4) is 0 Å². The average Bonchev–Trinajstić information content (AvgIpc) is 2.42. The first-order chi connectivity index (χ1) is 9.43. The second kappa shape index (κ2) is 6.15. The zero-order chi connectivity index (χ0) is 14.8. The number of benzene rings is 2. The summed E-state index contributed by atoms with van der Waals surface area (Å²) < 4.78 is 6.63. The van der Waals surface area contributed by atoms with Crippen LogP contribution in [0, 0.1) is 0 Å². The van der Waals surface area contributed by atoms with Gasteiger partial charge in [0.25, 0.3) is 0 Å². The molecular formula is C17H22BrNO. The summed E-state index contributed by atoms with van der Waals surface area (Å²) in [5.74, 6) is 0. The summed E-state index contributed by atoms with van der Waals surface area (Å²) in [6.07, 6.45) is 0.952. The van der Waals surface area contributed by atoms with E-state index in [0.717, 1.165) is 10.9 Å². The van der Waals surface area contributed by atoms with Crippen LogP contribution in [0.5, 0.6) is 0 Å². The van der Waals surface area contributed by atoms with Gasteiger partial charge < -0.3 is 10.1 Å². The monoisotopic (exact) mass is 335 g/mol. The second-order valence-corrected chi connectivity index (χ2v) is 6.71. The van der Waals surface area contributed by atoms with Gasteiger partial charge in [-0.15, -0.1) is 0 Å². The number of hydrogen-bond donors (Lipinski definition) is 1. The molecule has 0 spiro atoms. The molecule has 1 N–H and O–H groups in total. The Kier molecular flexibility index (Phi) is 4.71. The third-order valence-electron chi connectivity index (χ3n) is 3.62. The van der Waals surface area contributed by atoms with Gasteiger partial charge in [0, 0.05) is 28.7 Å². The number of anilines is 1. The van der Waals surface area contributed by atoms with Crippen LogP contribution in [0.25, 0.3) is 10.8 Å². The van der Waals surface area contributed by atoms with Crippen molar-refractivity contribution in [1.82, 2.24) is 0 Å². The predicted octanol–water partition coefficient (Wildman–Crippen LogP) is 5.22. The fourth-order valence-electron chi connectivity index (χ4n) is 2.53. The molecule has 0 radical (unpaired) electrons. The third kappa shape index (κ3) is 3.53. The second-order valence-electron chi connectivity index (χ2n) is 5.85. The molecule has 0 saturated heterocycles. The summed E-state index contributed by atoms with van der Waals surface area (Å²) in [7, 11) is 1.77. The molecule has 0 saturated carbocycles.